The Balaban J connectivity index is 1.22. The zero-order valence-corrected chi connectivity index (χ0v) is 10.9. The van der Waals surface area contributed by atoms with Crippen molar-refractivity contribution in [2.75, 3.05) is 39.4 Å². The van der Waals surface area contributed by atoms with Gasteiger partial charge in [0.1, 0.15) is 0 Å². The minimum absolute atomic E-state index is 0.867. The molecule has 0 aromatic carbocycles. The Morgan fingerprint density at radius 3 is 2.71 bits per heavy atom. The van der Waals surface area contributed by atoms with E-state index in [1.165, 1.54) is 51.7 Å². The summed E-state index contributed by atoms with van der Waals surface area (Å²) in [6.07, 6.45) is 7.00. The van der Waals surface area contributed by atoms with Crippen molar-refractivity contribution >= 4 is 0 Å². The van der Waals surface area contributed by atoms with Crippen LogP contribution >= 0.6 is 0 Å². The molecule has 0 radical (unpaired) electrons. The molecule has 0 spiro atoms. The second-order valence-corrected chi connectivity index (χ2v) is 6.16. The molecule has 17 heavy (non-hydrogen) atoms. The SMILES string of the molecule is C(CN1CCC(CNC2CC2)C1)OCC1CC1. The predicted molar refractivity (Wildman–Crippen MR) is 69.1 cm³/mol. The van der Waals surface area contributed by atoms with Gasteiger partial charge in [-0.1, -0.05) is 0 Å². The lowest BCUT2D eigenvalue weighted by atomic mass is 10.1. The van der Waals surface area contributed by atoms with Crippen LogP contribution < -0.4 is 5.32 Å². The molecule has 3 fully saturated rings. The highest BCUT2D eigenvalue weighted by Crippen LogP contribution is 2.28. The molecule has 3 rings (SSSR count). The molecule has 0 aromatic rings. The number of hydrogen-bond acceptors (Lipinski definition) is 3. The van der Waals surface area contributed by atoms with Gasteiger partial charge < -0.3 is 15.0 Å². The maximum atomic E-state index is 5.71. The number of rotatable bonds is 8. The number of likely N-dealkylation sites (tertiary alicyclic amines) is 1. The molecule has 1 atom stereocenters. The number of nitrogens with one attached hydrogen (secondary N) is 1. The van der Waals surface area contributed by atoms with E-state index in [0.29, 0.717) is 0 Å². The Morgan fingerprint density at radius 1 is 1.06 bits per heavy atom. The van der Waals surface area contributed by atoms with Crippen LogP contribution in [-0.2, 0) is 4.74 Å². The van der Waals surface area contributed by atoms with Crippen LogP contribution in [0.15, 0.2) is 0 Å². The highest BCUT2D eigenvalue weighted by atomic mass is 16.5. The molecule has 1 heterocycles. The monoisotopic (exact) mass is 238 g/mol. The molecule has 2 saturated carbocycles. The van der Waals surface area contributed by atoms with E-state index in [9.17, 15) is 0 Å². The van der Waals surface area contributed by atoms with E-state index in [1.807, 2.05) is 0 Å². The second-order valence-electron chi connectivity index (χ2n) is 6.16. The third-order valence-electron chi connectivity index (χ3n) is 4.24. The van der Waals surface area contributed by atoms with E-state index in [4.69, 9.17) is 4.74 Å². The average Bonchev–Trinajstić information content (AvgIpc) is 3.24. The van der Waals surface area contributed by atoms with Crippen LogP contribution in [0.2, 0.25) is 0 Å². The Bertz CT molecular complexity index is 238. The molecule has 0 aromatic heterocycles. The van der Waals surface area contributed by atoms with Crippen LogP contribution in [0.25, 0.3) is 0 Å². The Hall–Kier alpha value is -0.120. The van der Waals surface area contributed by atoms with E-state index >= 15 is 0 Å². The summed E-state index contributed by atoms with van der Waals surface area (Å²) in [5, 5.41) is 3.65. The van der Waals surface area contributed by atoms with E-state index in [-0.39, 0.29) is 0 Å². The average molecular weight is 238 g/mol. The lowest BCUT2D eigenvalue weighted by molar-refractivity contribution is 0.102. The molecular weight excluding hydrogens is 212 g/mol. The van der Waals surface area contributed by atoms with Crippen LogP contribution in [0.1, 0.15) is 32.1 Å². The summed E-state index contributed by atoms with van der Waals surface area (Å²) in [5.74, 6) is 1.79. The first-order chi connectivity index (χ1) is 8.40. The summed E-state index contributed by atoms with van der Waals surface area (Å²) in [5.41, 5.74) is 0. The van der Waals surface area contributed by atoms with Gasteiger partial charge in [0.15, 0.2) is 0 Å². The fourth-order valence-corrected chi connectivity index (χ4v) is 2.63. The quantitative estimate of drug-likeness (QED) is 0.648. The van der Waals surface area contributed by atoms with Gasteiger partial charge in [0, 0.05) is 25.7 Å². The van der Waals surface area contributed by atoms with Gasteiger partial charge in [-0.05, 0) is 57.0 Å². The topological polar surface area (TPSA) is 24.5 Å². The van der Waals surface area contributed by atoms with Crippen molar-refractivity contribution in [3.05, 3.63) is 0 Å². The van der Waals surface area contributed by atoms with Crippen molar-refractivity contribution in [3.8, 4) is 0 Å². The maximum absolute atomic E-state index is 5.71. The highest BCUT2D eigenvalue weighted by Gasteiger charge is 2.26. The van der Waals surface area contributed by atoms with Crippen molar-refractivity contribution < 1.29 is 4.74 Å². The van der Waals surface area contributed by atoms with Crippen LogP contribution in [0, 0.1) is 11.8 Å². The van der Waals surface area contributed by atoms with E-state index < -0.39 is 0 Å². The van der Waals surface area contributed by atoms with Gasteiger partial charge in [0.25, 0.3) is 0 Å². The first-order valence-electron chi connectivity index (χ1n) is 7.43. The van der Waals surface area contributed by atoms with Crippen molar-refractivity contribution in [1.29, 1.82) is 0 Å². The molecule has 1 unspecified atom stereocenters. The van der Waals surface area contributed by atoms with Gasteiger partial charge in [-0.2, -0.15) is 0 Å². The van der Waals surface area contributed by atoms with Gasteiger partial charge in [-0.25, -0.2) is 0 Å². The summed E-state index contributed by atoms with van der Waals surface area (Å²) in [6, 6.07) is 0.867. The maximum Gasteiger partial charge on any atom is 0.0593 e. The minimum Gasteiger partial charge on any atom is -0.380 e. The summed E-state index contributed by atoms with van der Waals surface area (Å²) < 4.78 is 5.71. The van der Waals surface area contributed by atoms with Gasteiger partial charge in [-0.15, -0.1) is 0 Å². The molecule has 3 aliphatic rings. The van der Waals surface area contributed by atoms with E-state index in [2.05, 4.69) is 10.2 Å². The van der Waals surface area contributed by atoms with Gasteiger partial charge in [0.2, 0.25) is 0 Å². The van der Waals surface area contributed by atoms with Crippen LogP contribution in [-0.4, -0.2) is 50.3 Å². The molecule has 1 saturated heterocycles. The zero-order chi connectivity index (χ0) is 11.5. The number of hydrogen-bond donors (Lipinski definition) is 1. The number of nitrogens with zero attached hydrogens (tertiary/aromatic N) is 1. The van der Waals surface area contributed by atoms with Gasteiger partial charge >= 0.3 is 0 Å². The predicted octanol–water partition coefficient (Wildman–Crippen LogP) is 1.49. The summed E-state index contributed by atoms with van der Waals surface area (Å²) in [6.45, 7) is 6.91. The zero-order valence-electron chi connectivity index (χ0n) is 10.9. The minimum atomic E-state index is 0.867. The van der Waals surface area contributed by atoms with Crippen LogP contribution in [0.4, 0.5) is 0 Å². The van der Waals surface area contributed by atoms with Gasteiger partial charge in [-0.3, -0.25) is 0 Å². The van der Waals surface area contributed by atoms with Crippen LogP contribution in [0.5, 0.6) is 0 Å². The molecular formula is C14H26N2O. The second kappa shape index (κ2) is 5.68. The lowest BCUT2D eigenvalue weighted by Crippen LogP contribution is -2.29. The van der Waals surface area contributed by atoms with Crippen LogP contribution in [0.3, 0.4) is 0 Å². The Labute approximate surface area is 105 Å². The molecule has 1 N–H and O–H groups in total. The molecule has 2 aliphatic carbocycles. The highest BCUT2D eigenvalue weighted by molar-refractivity contribution is 4.84. The van der Waals surface area contributed by atoms with Crippen molar-refractivity contribution in [3.63, 3.8) is 0 Å². The fourth-order valence-electron chi connectivity index (χ4n) is 2.63. The summed E-state index contributed by atoms with van der Waals surface area (Å²) in [7, 11) is 0. The molecule has 3 heteroatoms. The molecule has 3 nitrogen and oxygen atoms in total. The smallest absolute Gasteiger partial charge is 0.0593 e. The van der Waals surface area contributed by atoms with E-state index in [0.717, 1.165) is 37.6 Å². The lowest BCUT2D eigenvalue weighted by Gasteiger charge is -2.16. The molecule has 98 valence electrons. The molecule has 1 aliphatic heterocycles. The van der Waals surface area contributed by atoms with Crippen molar-refractivity contribution in [1.82, 2.24) is 10.2 Å². The van der Waals surface area contributed by atoms with Gasteiger partial charge in [0.05, 0.1) is 6.61 Å². The first kappa shape index (κ1) is 11.9. The molecule has 0 amide bonds. The normalized spacial score (nSPS) is 30.0. The largest absolute Gasteiger partial charge is 0.380 e. The molecule has 0 bridgehead atoms. The summed E-state index contributed by atoms with van der Waals surface area (Å²) in [4.78, 5) is 2.58. The Kier molecular flexibility index (Phi) is 3.99. The van der Waals surface area contributed by atoms with E-state index in [1.54, 1.807) is 0 Å². The number of ether oxygens (including phenoxy) is 1. The first-order valence-corrected chi connectivity index (χ1v) is 7.43. The van der Waals surface area contributed by atoms with Crippen molar-refractivity contribution in [2.24, 2.45) is 11.8 Å². The fraction of sp³-hybridized carbons (Fsp3) is 1.00. The third kappa shape index (κ3) is 4.23. The Morgan fingerprint density at radius 2 is 1.94 bits per heavy atom. The summed E-state index contributed by atoms with van der Waals surface area (Å²) >= 11 is 0. The van der Waals surface area contributed by atoms with Crippen molar-refractivity contribution in [2.45, 2.75) is 38.1 Å². The standard InChI is InChI=1S/C14H26N2O/c1-2-12(1)11-17-8-7-16-6-5-13(10-16)9-15-14-3-4-14/h12-15H,1-11H2. The third-order valence-corrected chi connectivity index (χ3v) is 4.24.